The molecule has 1 aromatic heterocycles. The summed E-state index contributed by atoms with van der Waals surface area (Å²) in [5.41, 5.74) is 0.440. The summed E-state index contributed by atoms with van der Waals surface area (Å²) >= 11 is 0. The topological polar surface area (TPSA) is 70.7 Å². The molecule has 7 heteroatoms. The lowest BCUT2D eigenvalue weighted by molar-refractivity contribution is 0.311. The van der Waals surface area contributed by atoms with Crippen LogP contribution in [0, 0.1) is 0 Å². The number of fused-ring (bicyclic) bond motifs is 1. The summed E-state index contributed by atoms with van der Waals surface area (Å²) in [6.07, 6.45) is 0. The van der Waals surface area contributed by atoms with Gasteiger partial charge in [-0.2, -0.15) is 0 Å². The Bertz CT molecular complexity index is 735. The van der Waals surface area contributed by atoms with E-state index in [2.05, 4.69) is 26.8 Å². The van der Waals surface area contributed by atoms with Gasteiger partial charge in [0.25, 0.3) is 5.56 Å². The lowest BCUT2D eigenvalue weighted by Crippen LogP contribution is -2.45. The summed E-state index contributed by atoms with van der Waals surface area (Å²) in [6, 6.07) is 3.40. The number of anilines is 1. The van der Waals surface area contributed by atoms with Gasteiger partial charge < -0.3 is 19.3 Å². The molecule has 0 amide bonds. The van der Waals surface area contributed by atoms with Crippen LogP contribution in [0.25, 0.3) is 10.9 Å². The van der Waals surface area contributed by atoms with Crippen LogP contribution >= 0.6 is 0 Å². The monoisotopic (exact) mass is 304 g/mol. The van der Waals surface area contributed by atoms with Crippen molar-refractivity contribution in [3.63, 3.8) is 0 Å². The maximum absolute atomic E-state index is 12.3. The van der Waals surface area contributed by atoms with Gasteiger partial charge in [-0.25, -0.2) is 4.98 Å². The van der Waals surface area contributed by atoms with E-state index in [-0.39, 0.29) is 5.56 Å². The normalized spacial score (nSPS) is 16.0. The first-order valence-corrected chi connectivity index (χ1v) is 7.22. The van der Waals surface area contributed by atoms with E-state index in [1.807, 2.05) is 0 Å². The standard InChI is InChI=1S/C15H20N4O3/c1-18-4-6-19(7-5-18)15-16-11-9-13(22-3)12(21-2)8-10(11)14(20)17-15/h8-9H,4-7H2,1-3H3,(H,16,17,20). The van der Waals surface area contributed by atoms with Crippen LogP contribution in [0.2, 0.25) is 0 Å². The van der Waals surface area contributed by atoms with Gasteiger partial charge in [-0.15, -0.1) is 0 Å². The number of nitrogens with zero attached hydrogens (tertiary/aromatic N) is 3. The average molecular weight is 304 g/mol. The fourth-order valence-corrected chi connectivity index (χ4v) is 2.62. The summed E-state index contributed by atoms with van der Waals surface area (Å²) in [6.45, 7) is 3.60. The third-order valence-electron chi connectivity index (χ3n) is 4.00. The van der Waals surface area contributed by atoms with Crippen LogP contribution in [0.3, 0.4) is 0 Å². The molecule has 0 aliphatic carbocycles. The number of hydrogen-bond donors (Lipinski definition) is 1. The molecular formula is C15H20N4O3. The lowest BCUT2D eigenvalue weighted by atomic mass is 10.2. The van der Waals surface area contributed by atoms with Gasteiger partial charge in [-0.3, -0.25) is 9.78 Å². The Hall–Kier alpha value is -2.28. The SMILES string of the molecule is COc1cc2nc(N3CCN(C)CC3)[nH]c(=O)c2cc1OC. The highest BCUT2D eigenvalue weighted by Crippen LogP contribution is 2.30. The largest absolute Gasteiger partial charge is 0.493 e. The number of methoxy groups -OCH3 is 2. The number of H-pyrrole nitrogens is 1. The fourth-order valence-electron chi connectivity index (χ4n) is 2.62. The van der Waals surface area contributed by atoms with Gasteiger partial charge in [0.15, 0.2) is 11.5 Å². The molecule has 1 aromatic carbocycles. The average Bonchev–Trinajstić information content (AvgIpc) is 2.54. The molecule has 7 nitrogen and oxygen atoms in total. The second kappa shape index (κ2) is 5.84. The number of hydrogen-bond acceptors (Lipinski definition) is 6. The summed E-state index contributed by atoms with van der Waals surface area (Å²) in [7, 11) is 5.20. The molecule has 3 rings (SSSR count). The van der Waals surface area contributed by atoms with E-state index >= 15 is 0 Å². The van der Waals surface area contributed by atoms with Crippen molar-refractivity contribution in [1.82, 2.24) is 14.9 Å². The lowest BCUT2D eigenvalue weighted by Gasteiger charge is -2.32. The van der Waals surface area contributed by atoms with Gasteiger partial charge in [-0.05, 0) is 13.1 Å². The highest BCUT2D eigenvalue weighted by molar-refractivity contribution is 5.82. The second-order valence-electron chi connectivity index (χ2n) is 5.40. The quantitative estimate of drug-likeness (QED) is 0.900. The number of piperazine rings is 1. The highest BCUT2D eigenvalue weighted by Gasteiger charge is 2.18. The first-order valence-electron chi connectivity index (χ1n) is 7.22. The van der Waals surface area contributed by atoms with Crippen LogP contribution in [-0.4, -0.2) is 62.3 Å². The molecule has 1 saturated heterocycles. The molecule has 22 heavy (non-hydrogen) atoms. The van der Waals surface area contributed by atoms with Crippen molar-refractivity contribution in [3.05, 3.63) is 22.5 Å². The molecule has 1 N–H and O–H groups in total. The molecule has 0 spiro atoms. The van der Waals surface area contributed by atoms with Crippen molar-refractivity contribution in [2.45, 2.75) is 0 Å². The number of rotatable bonds is 3. The van der Waals surface area contributed by atoms with Gasteiger partial charge in [0.1, 0.15) is 0 Å². The zero-order valence-electron chi connectivity index (χ0n) is 13.0. The first kappa shape index (κ1) is 14.6. The van der Waals surface area contributed by atoms with E-state index in [9.17, 15) is 4.79 Å². The smallest absolute Gasteiger partial charge is 0.260 e. The third kappa shape index (κ3) is 2.59. The molecule has 2 aromatic rings. The molecule has 0 atom stereocenters. The Morgan fingerprint density at radius 3 is 2.36 bits per heavy atom. The Morgan fingerprint density at radius 2 is 1.73 bits per heavy atom. The van der Waals surface area contributed by atoms with E-state index in [1.165, 1.54) is 0 Å². The van der Waals surface area contributed by atoms with E-state index < -0.39 is 0 Å². The van der Waals surface area contributed by atoms with Crippen molar-refractivity contribution in [1.29, 1.82) is 0 Å². The second-order valence-corrected chi connectivity index (χ2v) is 5.40. The maximum Gasteiger partial charge on any atom is 0.260 e. The van der Waals surface area contributed by atoms with E-state index in [4.69, 9.17) is 9.47 Å². The Morgan fingerprint density at radius 1 is 1.09 bits per heavy atom. The molecule has 1 aliphatic rings. The van der Waals surface area contributed by atoms with Crippen LogP contribution in [0.5, 0.6) is 11.5 Å². The summed E-state index contributed by atoms with van der Waals surface area (Å²) < 4.78 is 10.5. The molecule has 0 saturated carbocycles. The van der Waals surface area contributed by atoms with Crippen molar-refractivity contribution in [3.8, 4) is 11.5 Å². The van der Waals surface area contributed by atoms with E-state index in [1.54, 1.807) is 26.4 Å². The molecule has 1 fully saturated rings. The minimum absolute atomic E-state index is 0.167. The molecule has 0 unspecified atom stereocenters. The molecule has 118 valence electrons. The fraction of sp³-hybridized carbons (Fsp3) is 0.467. The Kier molecular flexibility index (Phi) is 3.89. The highest BCUT2D eigenvalue weighted by atomic mass is 16.5. The maximum atomic E-state index is 12.3. The third-order valence-corrected chi connectivity index (χ3v) is 4.00. The van der Waals surface area contributed by atoms with E-state index in [0.29, 0.717) is 28.4 Å². The molecule has 1 aliphatic heterocycles. The predicted octanol–water partition coefficient (Wildman–Crippen LogP) is 0.692. The number of likely N-dealkylation sites (N-methyl/N-ethyl adjacent to an activating group) is 1. The van der Waals surface area contributed by atoms with Crippen LogP contribution in [-0.2, 0) is 0 Å². The van der Waals surface area contributed by atoms with Crippen LogP contribution < -0.4 is 19.9 Å². The minimum Gasteiger partial charge on any atom is -0.493 e. The molecule has 2 heterocycles. The van der Waals surface area contributed by atoms with Crippen molar-refractivity contribution < 1.29 is 9.47 Å². The van der Waals surface area contributed by atoms with Crippen LogP contribution in [0.15, 0.2) is 16.9 Å². The van der Waals surface area contributed by atoms with Crippen LogP contribution in [0.4, 0.5) is 5.95 Å². The van der Waals surface area contributed by atoms with Crippen molar-refractivity contribution in [2.24, 2.45) is 0 Å². The van der Waals surface area contributed by atoms with Gasteiger partial charge in [0, 0.05) is 32.2 Å². The predicted molar refractivity (Wildman–Crippen MR) is 85.2 cm³/mol. The number of aromatic nitrogens is 2. The molecule has 0 radical (unpaired) electrons. The van der Waals surface area contributed by atoms with Gasteiger partial charge in [-0.1, -0.05) is 0 Å². The van der Waals surface area contributed by atoms with Gasteiger partial charge >= 0.3 is 0 Å². The summed E-state index contributed by atoms with van der Waals surface area (Å²) in [4.78, 5) is 24.1. The minimum atomic E-state index is -0.167. The number of benzene rings is 1. The number of nitrogens with one attached hydrogen (secondary N) is 1. The summed E-state index contributed by atoms with van der Waals surface area (Å²) in [5.74, 6) is 1.70. The van der Waals surface area contributed by atoms with Gasteiger partial charge in [0.05, 0.1) is 25.1 Å². The molecular weight excluding hydrogens is 284 g/mol. The zero-order valence-corrected chi connectivity index (χ0v) is 13.0. The Labute approximate surface area is 128 Å². The van der Waals surface area contributed by atoms with E-state index in [0.717, 1.165) is 26.2 Å². The Balaban J connectivity index is 2.06. The first-order chi connectivity index (χ1) is 10.6. The summed E-state index contributed by atoms with van der Waals surface area (Å²) in [5, 5.41) is 0.496. The van der Waals surface area contributed by atoms with Crippen molar-refractivity contribution >= 4 is 16.9 Å². The van der Waals surface area contributed by atoms with Gasteiger partial charge in [0.2, 0.25) is 5.95 Å². The number of ether oxygens (including phenoxy) is 2. The van der Waals surface area contributed by atoms with Crippen LogP contribution in [0.1, 0.15) is 0 Å². The zero-order chi connectivity index (χ0) is 15.7. The molecule has 0 bridgehead atoms. The number of aromatic amines is 1. The van der Waals surface area contributed by atoms with Crippen molar-refractivity contribution in [2.75, 3.05) is 52.3 Å².